The number of halogens is 2. The van der Waals surface area contributed by atoms with Crippen molar-refractivity contribution >= 4 is 15.5 Å². The molecule has 3 nitrogen and oxygen atoms in total. The summed E-state index contributed by atoms with van der Waals surface area (Å²) in [7, 11) is -3.32. The smallest absolute Gasteiger partial charge is 0.178 e. The van der Waals surface area contributed by atoms with Gasteiger partial charge in [0, 0.05) is 24.8 Å². The molecular formula is C17H19F2NO2S. The van der Waals surface area contributed by atoms with E-state index in [2.05, 4.69) is 0 Å². The third-order valence-electron chi connectivity index (χ3n) is 3.59. The third-order valence-corrected chi connectivity index (χ3v) is 5.41. The summed E-state index contributed by atoms with van der Waals surface area (Å²) in [5, 5.41) is 0. The summed E-state index contributed by atoms with van der Waals surface area (Å²) in [6.45, 7) is 2.91. The Morgan fingerprint density at radius 3 is 2.30 bits per heavy atom. The second-order valence-electron chi connectivity index (χ2n) is 5.16. The van der Waals surface area contributed by atoms with E-state index in [1.54, 1.807) is 30.3 Å². The van der Waals surface area contributed by atoms with Crippen molar-refractivity contribution in [1.82, 2.24) is 0 Å². The number of benzene rings is 2. The minimum atomic E-state index is -3.32. The standard InChI is InChI=1S/C17H19F2NO2S/c1-2-20(14-9-10-16(18)17(19)13-14)11-6-12-23(21,22)15-7-4-3-5-8-15/h3-5,7-10,13H,2,6,11-12H2,1H3. The van der Waals surface area contributed by atoms with Gasteiger partial charge in [-0.1, -0.05) is 18.2 Å². The lowest BCUT2D eigenvalue weighted by molar-refractivity contribution is 0.508. The molecule has 0 radical (unpaired) electrons. The lowest BCUT2D eigenvalue weighted by Crippen LogP contribution is -2.25. The maximum Gasteiger partial charge on any atom is 0.178 e. The molecule has 23 heavy (non-hydrogen) atoms. The van der Waals surface area contributed by atoms with E-state index in [4.69, 9.17) is 0 Å². The van der Waals surface area contributed by atoms with Gasteiger partial charge in [-0.25, -0.2) is 17.2 Å². The zero-order chi connectivity index (χ0) is 16.9. The van der Waals surface area contributed by atoms with Crippen LogP contribution in [0.2, 0.25) is 0 Å². The molecular weight excluding hydrogens is 320 g/mol. The number of nitrogens with zero attached hydrogens (tertiary/aromatic N) is 1. The Morgan fingerprint density at radius 2 is 1.70 bits per heavy atom. The van der Waals surface area contributed by atoms with Crippen LogP contribution in [0.5, 0.6) is 0 Å². The summed E-state index contributed by atoms with van der Waals surface area (Å²) in [5.74, 6) is -1.79. The summed E-state index contributed by atoms with van der Waals surface area (Å²) in [5.41, 5.74) is 0.545. The molecule has 0 aliphatic carbocycles. The van der Waals surface area contributed by atoms with Crippen molar-refractivity contribution in [1.29, 1.82) is 0 Å². The molecule has 0 aromatic heterocycles. The predicted molar refractivity (Wildman–Crippen MR) is 87.4 cm³/mol. The van der Waals surface area contributed by atoms with Crippen LogP contribution in [0.3, 0.4) is 0 Å². The molecule has 0 aliphatic heterocycles. The quantitative estimate of drug-likeness (QED) is 0.773. The molecule has 124 valence electrons. The molecule has 0 saturated heterocycles. The topological polar surface area (TPSA) is 37.4 Å². The fourth-order valence-corrected chi connectivity index (χ4v) is 3.66. The van der Waals surface area contributed by atoms with E-state index < -0.39 is 21.5 Å². The minimum absolute atomic E-state index is 0.0111. The van der Waals surface area contributed by atoms with Crippen LogP contribution in [0.4, 0.5) is 14.5 Å². The minimum Gasteiger partial charge on any atom is -0.372 e. The van der Waals surface area contributed by atoms with Gasteiger partial charge in [-0.3, -0.25) is 0 Å². The van der Waals surface area contributed by atoms with Crippen LogP contribution in [0, 0.1) is 11.6 Å². The fraction of sp³-hybridized carbons (Fsp3) is 0.294. The molecule has 0 N–H and O–H groups in total. The SMILES string of the molecule is CCN(CCCS(=O)(=O)c1ccccc1)c1ccc(F)c(F)c1. The van der Waals surface area contributed by atoms with Crippen LogP contribution in [-0.2, 0) is 9.84 Å². The summed E-state index contributed by atoms with van der Waals surface area (Å²) in [6.07, 6.45) is 0.407. The first-order chi connectivity index (χ1) is 10.9. The lowest BCUT2D eigenvalue weighted by atomic mass is 10.2. The van der Waals surface area contributed by atoms with Crippen molar-refractivity contribution in [3.8, 4) is 0 Å². The van der Waals surface area contributed by atoms with Gasteiger partial charge in [0.05, 0.1) is 10.6 Å². The van der Waals surface area contributed by atoms with Crippen LogP contribution in [0.1, 0.15) is 13.3 Å². The molecule has 2 aromatic carbocycles. The largest absolute Gasteiger partial charge is 0.372 e. The average molecular weight is 339 g/mol. The number of hydrogen-bond acceptors (Lipinski definition) is 3. The first kappa shape index (κ1) is 17.4. The van der Waals surface area contributed by atoms with Crippen molar-refractivity contribution in [3.05, 3.63) is 60.2 Å². The van der Waals surface area contributed by atoms with E-state index in [0.29, 0.717) is 30.1 Å². The third kappa shape index (κ3) is 4.51. The van der Waals surface area contributed by atoms with Gasteiger partial charge in [-0.15, -0.1) is 0 Å². The normalized spacial score (nSPS) is 11.4. The van der Waals surface area contributed by atoms with E-state index in [-0.39, 0.29) is 5.75 Å². The maximum atomic E-state index is 13.3. The Bertz CT molecular complexity index is 748. The number of rotatable bonds is 7. The molecule has 0 atom stereocenters. The lowest BCUT2D eigenvalue weighted by Gasteiger charge is -2.23. The van der Waals surface area contributed by atoms with Gasteiger partial charge < -0.3 is 4.90 Å². The Kier molecular flexibility index (Phi) is 5.71. The van der Waals surface area contributed by atoms with Gasteiger partial charge in [0.15, 0.2) is 21.5 Å². The highest BCUT2D eigenvalue weighted by atomic mass is 32.2. The van der Waals surface area contributed by atoms with Crippen molar-refractivity contribution in [2.45, 2.75) is 18.2 Å². The Labute approximate surface area is 135 Å². The first-order valence-corrected chi connectivity index (χ1v) is 9.07. The summed E-state index contributed by atoms with van der Waals surface area (Å²) in [4.78, 5) is 2.12. The molecule has 6 heteroatoms. The van der Waals surface area contributed by atoms with E-state index >= 15 is 0 Å². The predicted octanol–water partition coefficient (Wildman–Crippen LogP) is 3.66. The average Bonchev–Trinajstić information content (AvgIpc) is 2.55. The van der Waals surface area contributed by atoms with Crippen LogP contribution < -0.4 is 4.90 Å². The van der Waals surface area contributed by atoms with Crippen molar-refractivity contribution in [3.63, 3.8) is 0 Å². The van der Waals surface area contributed by atoms with E-state index in [0.717, 1.165) is 12.1 Å². The molecule has 0 aliphatic rings. The number of sulfone groups is 1. The molecule has 2 aromatic rings. The number of hydrogen-bond donors (Lipinski definition) is 0. The van der Waals surface area contributed by atoms with Gasteiger partial charge >= 0.3 is 0 Å². The Balaban J connectivity index is 2.00. The molecule has 2 rings (SSSR count). The van der Waals surface area contributed by atoms with Crippen LogP contribution in [0.15, 0.2) is 53.4 Å². The molecule has 0 unspecified atom stereocenters. The van der Waals surface area contributed by atoms with Gasteiger partial charge in [-0.2, -0.15) is 0 Å². The highest BCUT2D eigenvalue weighted by Crippen LogP contribution is 2.19. The molecule has 0 fully saturated rings. The van der Waals surface area contributed by atoms with Crippen LogP contribution in [0.25, 0.3) is 0 Å². The van der Waals surface area contributed by atoms with Gasteiger partial charge in [0.25, 0.3) is 0 Å². The van der Waals surface area contributed by atoms with Crippen molar-refractivity contribution in [2.75, 3.05) is 23.7 Å². The summed E-state index contributed by atoms with van der Waals surface area (Å²) >= 11 is 0. The molecule has 0 heterocycles. The van der Waals surface area contributed by atoms with E-state index in [1.165, 1.54) is 6.07 Å². The van der Waals surface area contributed by atoms with Crippen molar-refractivity contribution in [2.24, 2.45) is 0 Å². The van der Waals surface area contributed by atoms with Gasteiger partial charge in [0.1, 0.15) is 0 Å². The zero-order valence-corrected chi connectivity index (χ0v) is 13.7. The van der Waals surface area contributed by atoms with Crippen LogP contribution in [-0.4, -0.2) is 27.3 Å². The highest BCUT2D eigenvalue weighted by Gasteiger charge is 2.15. The first-order valence-electron chi connectivity index (χ1n) is 7.42. The Hall–Kier alpha value is -1.95. The van der Waals surface area contributed by atoms with Gasteiger partial charge in [0.2, 0.25) is 0 Å². The molecule has 0 bridgehead atoms. The van der Waals surface area contributed by atoms with Crippen molar-refractivity contribution < 1.29 is 17.2 Å². The summed E-state index contributed by atoms with van der Waals surface area (Å²) in [6, 6.07) is 12.0. The second-order valence-corrected chi connectivity index (χ2v) is 7.27. The number of anilines is 1. The zero-order valence-electron chi connectivity index (χ0n) is 12.9. The molecule has 0 saturated carbocycles. The molecule has 0 amide bonds. The van der Waals surface area contributed by atoms with E-state index in [1.807, 2.05) is 11.8 Å². The Morgan fingerprint density at radius 1 is 1.00 bits per heavy atom. The maximum absolute atomic E-state index is 13.3. The van der Waals surface area contributed by atoms with E-state index in [9.17, 15) is 17.2 Å². The fourth-order valence-electron chi connectivity index (χ4n) is 2.34. The van der Waals surface area contributed by atoms with Gasteiger partial charge in [-0.05, 0) is 37.6 Å². The highest BCUT2D eigenvalue weighted by molar-refractivity contribution is 7.91. The monoisotopic (exact) mass is 339 g/mol. The van der Waals surface area contributed by atoms with Crippen LogP contribution >= 0.6 is 0 Å². The summed E-state index contributed by atoms with van der Waals surface area (Å²) < 4.78 is 50.7. The second kappa shape index (κ2) is 7.55. The molecule has 0 spiro atoms.